The summed E-state index contributed by atoms with van der Waals surface area (Å²) in [6, 6.07) is 6.58. The quantitative estimate of drug-likeness (QED) is 0.208. The van der Waals surface area contributed by atoms with Gasteiger partial charge in [0.1, 0.15) is 7.85 Å². The third kappa shape index (κ3) is 11.0. The highest BCUT2D eigenvalue weighted by Gasteiger charge is 2.45. The van der Waals surface area contributed by atoms with E-state index in [1.165, 1.54) is 86.5 Å². The second-order valence-corrected chi connectivity index (χ2v) is 13.1. The fraction of sp³-hybridized carbons (Fsp3) is 0.730. The van der Waals surface area contributed by atoms with E-state index >= 15 is 0 Å². The van der Waals surface area contributed by atoms with Gasteiger partial charge in [0.25, 0.3) is 0 Å². The summed E-state index contributed by atoms with van der Waals surface area (Å²) in [5.74, 6) is 0.154. The first-order valence-corrected chi connectivity index (χ1v) is 16.5. The zero-order valence-corrected chi connectivity index (χ0v) is 28.4. The maximum absolute atomic E-state index is 6.38. The lowest BCUT2D eigenvalue weighted by Crippen LogP contribution is -2.27. The minimum absolute atomic E-state index is 0.121. The van der Waals surface area contributed by atoms with Crippen molar-refractivity contribution >= 4 is 26.7 Å². The van der Waals surface area contributed by atoms with E-state index in [0.717, 1.165) is 11.9 Å². The Morgan fingerprint density at radius 3 is 1.69 bits per heavy atom. The van der Waals surface area contributed by atoms with E-state index in [0.29, 0.717) is 10.8 Å². The molecule has 0 amide bonds. The Labute approximate surface area is 249 Å². The fourth-order valence-electron chi connectivity index (χ4n) is 5.12. The van der Waals surface area contributed by atoms with Crippen molar-refractivity contribution in [2.24, 2.45) is 10.8 Å². The van der Waals surface area contributed by atoms with Gasteiger partial charge in [-0.15, -0.1) is 0 Å². The van der Waals surface area contributed by atoms with Crippen LogP contribution in [0.25, 0.3) is 5.57 Å². The van der Waals surface area contributed by atoms with Crippen LogP contribution in [-0.4, -0.2) is 15.7 Å². The first-order chi connectivity index (χ1) is 18.4. The first-order valence-electron chi connectivity index (χ1n) is 16.5. The molecule has 2 aliphatic rings. The van der Waals surface area contributed by atoms with Crippen molar-refractivity contribution in [3.8, 4) is 0 Å². The summed E-state index contributed by atoms with van der Waals surface area (Å²) < 4.78 is 0. The molecule has 0 heterocycles. The molecular formula is C37H64B2. The standard InChI is InChI=1S/C25H34B2.C8H18.2C2H6/c1-3-5-7-9-15-25(16-10-8-6-4-2)23-17-19(26)11-13-21(23)22-14-12-20(27)18-24(22)25;1-7(2,3)8(4,5)6;2*1-2/h11,13-14,17-18,20H,3-10,12,15-16H2,1-2H3;1-6H3;2*1-2H3. The van der Waals surface area contributed by atoms with Crippen LogP contribution in [-0.2, 0) is 5.41 Å². The molecule has 0 bridgehead atoms. The molecule has 1 unspecified atom stereocenters. The molecule has 0 spiro atoms. The molecule has 1 atom stereocenters. The first kappa shape index (κ1) is 37.8. The minimum Gasteiger partial charge on any atom is -0.0963 e. The van der Waals surface area contributed by atoms with Gasteiger partial charge in [0, 0.05) is 5.41 Å². The van der Waals surface area contributed by atoms with Gasteiger partial charge in [-0.25, -0.2) is 0 Å². The highest BCUT2D eigenvalue weighted by molar-refractivity contribution is 6.32. The van der Waals surface area contributed by atoms with Gasteiger partial charge in [-0.1, -0.05) is 176 Å². The number of fused-ring (bicyclic) bond motifs is 3. The Hall–Kier alpha value is -1.17. The maximum Gasteiger partial charge on any atom is 0.113 e. The van der Waals surface area contributed by atoms with Crippen LogP contribution in [0.4, 0.5) is 0 Å². The number of benzene rings is 1. The Morgan fingerprint density at radius 2 is 1.26 bits per heavy atom. The van der Waals surface area contributed by atoms with Gasteiger partial charge in [0.05, 0.1) is 7.85 Å². The smallest absolute Gasteiger partial charge is 0.0963 e. The van der Waals surface area contributed by atoms with Crippen LogP contribution in [0.2, 0.25) is 5.82 Å². The van der Waals surface area contributed by atoms with E-state index in [1.54, 1.807) is 0 Å². The third-order valence-electron chi connectivity index (χ3n) is 8.79. The summed E-state index contributed by atoms with van der Waals surface area (Å²) in [6.07, 6.45) is 18.6. The van der Waals surface area contributed by atoms with Crippen LogP contribution in [0.3, 0.4) is 0 Å². The fourth-order valence-corrected chi connectivity index (χ4v) is 5.12. The summed E-state index contributed by atoms with van der Waals surface area (Å²) in [5, 5.41) is 0. The molecule has 0 saturated carbocycles. The van der Waals surface area contributed by atoms with Crippen LogP contribution in [0, 0.1) is 10.8 Å². The van der Waals surface area contributed by atoms with E-state index in [2.05, 4.69) is 85.7 Å². The molecule has 0 nitrogen and oxygen atoms in total. The molecule has 0 aromatic heterocycles. The van der Waals surface area contributed by atoms with Gasteiger partial charge in [-0.05, 0) is 52.4 Å². The predicted octanol–water partition coefficient (Wildman–Crippen LogP) is 11.5. The molecule has 3 rings (SSSR count). The zero-order valence-electron chi connectivity index (χ0n) is 28.4. The van der Waals surface area contributed by atoms with Crippen LogP contribution < -0.4 is 5.46 Å². The van der Waals surface area contributed by atoms with Gasteiger partial charge in [0.15, 0.2) is 0 Å². The van der Waals surface area contributed by atoms with Crippen molar-refractivity contribution in [1.29, 1.82) is 0 Å². The Balaban J connectivity index is 0.00000102. The van der Waals surface area contributed by atoms with Crippen molar-refractivity contribution in [1.82, 2.24) is 0 Å². The summed E-state index contributed by atoms with van der Waals surface area (Å²) in [5.41, 5.74) is 7.73. The average Bonchev–Trinajstić information content (AvgIpc) is 3.14. The largest absolute Gasteiger partial charge is 0.113 e. The minimum atomic E-state index is 0.121. The van der Waals surface area contributed by atoms with Crippen molar-refractivity contribution in [3.63, 3.8) is 0 Å². The summed E-state index contributed by atoms with van der Waals surface area (Å²) in [6.45, 7) is 26.2. The average molecular weight is 531 g/mol. The monoisotopic (exact) mass is 531 g/mol. The zero-order chi connectivity index (χ0) is 30.3. The lowest BCUT2D eigenvalue weighted by atomic mass is 9.66. The second-order valence-electron chi connectivity index (χ2n) is 13.1. The summed E-state index contributed by atoms with van der Waals surface area (Å²) >= 11 is 0. The molecule has 2 aliphatic carbocycles. The molecule has 0 N–H and O–H groups in total. The number of hydrogen-bond acceptors (Lipinski definition) is 0. The van der Waals surface area contributed by atoms with Gasteiger partial charge in [-0.3, -0.25) is 0 Å². The van der Waals surface area contributed by atoms with E-state index in [9.17, 15) is 0 Å². The highest BCUT2D eigenvalue weighted by atomic mass is 14.5. The molecule has 4 radical (unpaired) electrons. The van der Waals surface area contributed by atoms with Gasteiger partial charge < -0.3 is 0 Å². The third-order valence-corrected chi connectivity index (χ3v) is 8.79. The molecular weight excluding hydrogens is 466 g/mol. The molecule has 0 fully saturated rings. The second kappa shape index (κ2) is 18.3. The molecule has 2 heteroatoms. The van der Waals surface area contributed by atoms with Gasteiger partial charge in [-0.2, -0.15) is 0 Å². The Morgan fingerprint density at radius 1 is 0.769 bits per heavy atom. The molecule has 1 aromatic carbocycles. The lowest BCUT2D eigenvalue weighted by Gasteiger charge is -2.35. The van der Waals surface area contributed by atoms with Crippen LogP contribution >= 0.6 is 0 Å². The van der Waals surface area contributed by atoms with Crippen molar-refractivity contribution in [2.45, 2.75) is 165 Å². The van der Waals surface area contributed by atoms with E-state index in [1.807, 2.05) is 27.7 Å². The number of rotatable bonds is 10. The lowest BCUT2D eigenvalue weighted by molar-refractivity contribution is 0.157. The van der Waals surface area contributed by atoms with Crippen LogP contribution in [0.5, 0.6) is 0 Å². The summed E-state index contributed by atoms with van der Waals surface area (Å²) in [7, 11) is 12.6. The summed E-state index contributed by atoms with van der Waals surface area (Å²) in [4.78, 5) is 0. The van der Waals surface area contributed by atoms with Crippen molar-refractivity contribution in [3.05, 3.63) is 47.1 Å². The van der Waals surface area contributed by atoms with Crippen molar-refractivity contribution in [2.75, 3.05) is 0 Å². The normalized spacial score (nSPS) is 17.1. The number of unbranched alkanes of at least 4 members (excludes halogenated alkanes) is 6. The Bertz CT molecular complexity index is 836. The number of hydrogen-bond donors (Lipinski definition) is 0. The number of allylic oxidation sites excluding steroid dienone is 4. The van der Waals surface area contributed by atoms with E-state index in [-0.39, 0.29) is 11.2 Å². The molecule has 0 aliphatic heterocycles. The Kier molecular flexibility index (Phi) is 17.8. The molecule has 218 valence electrons. The molecule has 1 aromatic rings. The van der Waals surface area contributed by atoms with Crippen LogP contribution in [0.1, 0.15) is 165 Å². The predicted molar refractivity (Wildman–Crippen MR) is 183 cm³/mol. The van der Waals surface area contributed by atoms with Gasteiger partial charge >= 0.3 is 0 Å². The highest BCUT2D eigenvalue weighted by Crippen LogP contribution is 2.57. The van der Waals surface area contributed by atoms with E-state index < -0.39 is 0 Å². The maximum atomic E-state index is 6.38. The topological polar surface area (TPSA) is 0 Å². The van der Waals surface area contributed by atoms with E-state index in [4.69, 9.17) is 15.7 Å². The van der Waals surface area contributed by atoms with Crippen molar-refractivity contribution < 1.29 is 0 Å². The van der Waals surface area contributed by atoms with Gasteiger partial charge in [0.2, 0.25) is 0 Å². The molecule has 0 saturated heterocycles. The molecule has 39 heavy (non-hydrogen) atoms. The SMILES string of the molecule is CC.CC.CC(C)(C)C(C)(C)C.[B]c1ccc2c(c1)C(CCCCCC)(CCCCCC)C1=CC([B])CC=C12. The van der Waals surface area contributed by atoms with Crippen LogP contribution in [0.15, 0.2) is 35.9 Å².